The highest BCUT2D eigenvalue weighted by Crippen LogP contribution is 2.28. The molecule has 0 unspecified atom stereocenters. The fourth-order valence-electron chi connectivity index (χ4n) is 2.89. The maximum atomic E-state index is 13.5. The van der Waals surface area contributed by atoms with Gasteiger partial charge in [-0.25, -0.2) is 8.78 Å². The lowest BCUT2D eigenvalue weighted by molar-refractivity contribution is 0.576. The van der Waals surface area contributed by atoms with Crippen molar-refractivity contribution >= 4 is 16.6 Å². The molecule has 0 atom stereocenters. The van der Waals surface area contributed by atoms with Crippen LogP contribution in [-0.2, 0) is 6.54 Å². The summed E-state index contributed by atoms with van der Waals surface area (Å²) in [5.41, 5.74) is 9.12. The molecule has 25 heavy (non-hydrogen) atoms. The number of pyridine rings is 1. The summed E-state index contributed by atoms with van der Waals surface area (Å²) in [6.07, 6.45) is 1.63. The van der Waals surface area contributed by atoms with Crippen molar-refractivity contribution in [2.24, 2.45) is 0 Å². The standard InChI is InChI=1S/C19H14F2N4/c20-13-7-12(8-14(21)9-13)11-25-18-4-2-1-3-16(18)19(24-25)17-10-15(22)5-6-23-17/h1-10H,11H2,(H2,22,23). The molecule has 2 aromatic carbocycles. The lowest BCUT2D eigenvalue weighted by atomic mass is 10.1. The Morgan fingerprint density at radius 2 is 1.72 bits per heavy atom. The van der Waals surface area contributed by atoms with E-state index in [1.165, 1.54) is 12.1 Å². The number of benzene rings is 2. The lowest BCUT2D eigenvalue weighted by Crippen LogP contribution is -2.03. The van der Waals surface area contributed by atoms with Gasteiger partial charge in [-0.1, -0.05) is 18.2 Å². The Morgan fingerprint density at radius 3 is 2.48 bits per heavy atom. The second-order valence-electron chi connectivity index (χ2n) is 5.78. The van der Waals surface area contributed by atoms with Crippen molar-refractivity contribution in [2.45, 2.75) is 6.54 Å². The molecule has 2 aromatic heterocycles. The van der Waals surface area contributed by atoms with Crippen molar-refractivity contribution in [3.05, 3.63) is 78.0 Å². The van der Waals surface area contributed by atoms with Gasteiger partial charge in [-0.3, -0.25) is 9.67 Å². The van der Waals surface area contributed by atoms with Crippen LogP contribution in [0.4, 0.5) is 14.5 Å². The van der Waals surface area contributed by atoms with E-state index in [4.69, 9.17) is 5.73 Å². The minimum absolute atomic E-state index is 0.248. The third-order valence-corrected chi connectivity index (χ3v) is 3.94. The van der Waals surface area contributed by atoms with Crippen molar-refractivity contribution in [2.75, 3.05) is 5.73 Å². The summed E-state index contributed by atoms with van der Waals surface area (Å²) >= 11 is 0. The highest BCUT2D eigenvalue weighted by Gasteiger charge is 2.14. The fraction of sp³-hybridized carbons (Fsp3) is 0.0526. The molecular weight excluding hydrogens is 322 g/mol. The number of fused-ring (bicyclic) bond motifs is 1. The van der Waals surface area contributed by atoms with E-state index in [9.17, 15) is 8.78 Å². The molecule has 0 radical (unpaired) electrons. The summed E-state index contributed by atoms with van der Waals surface area (Å²) in [6.45, 7) is 0.248. The Hall–Kier alpha value is -3.28. The monoisotopic (exact) mass is 336 g/mol. The quantitative estimate of drug-likeness (QED) is 0.615. The number of para-hydroxylation sites is 1. The van der Waals surface area contributed by atoms with Gasteiger partial charge in [0.1, 0.15) is 17.3 Å². The molecule has 0 aliphatic rings. The highest BCUT2D eigenvalue weighted by molar-refractivity contribution is 5.92. The zero-order valence-corrected chi connectivity index (χ0v) is 13.2. The summed E-state index contributed by atoms with van der Waals surface area (Å²) in [7, 11) is 0. The van der Waals surface area contributed by atoms with Gasteiger partial charge in [0.15, 0.2) is 0 Å². The zero-order chi connectivity index (χ0) is 17.4. The summed E-state index contributed by atoms with van der Waals surface area (Å²) in [6, 6.07) is 14.6. The third-order valence-electron chi connectivity index (χ3n) is 3.94. The van der Waals surface area contributed by atoms with Crippen LogP contribution in [0.5, 0.6) is 0 Å². The van der Waals surface area contributed by atoms with E-state index in [0.717, 1.165) is 17.0 Å². The molecule has 0 saturated carbocycles. The molecule has 4 aromatic rings. The van der Waals surface area contributed by atoms with Gasteiger partial charge in [0.05, 0.1) is 17.8 Å². The number of nitrogens with two attached hydrogens (primary N) is 1. The molecule has 2 heterocycles. The molecule has 2 N–H and O–H groups in total. The van der Waals surface area contributed by atoms with Crippen LogP contribution in [0.2, 0.25) is 0 Å². The topological polar surface area (TPSA) is 56.7 Å². The molecule has 0 spiro atoms. The summed E-state index contributed by atoms with van der Waals surface area (Å²) in [5, 5.41) is 5.51. The van der Waals surface area contributed by atoms with Crippen LogP contribution in [-0.4, -0.2) is 14.8 Å². The Morgan fingerprint density at radius 1 is 0.960 bits per heavy atom. The van der Waals surface area contributed by atoms with E-state index >= 15 is 0 Å². The van der Waals surface area contributed by atoms with E-state index in [-0.39, 0.29) is 6.54 Å². The minimum atomic E-state index is -0.607. The molecule has 0 fully saturated rings. The van der Waals surface area contributed by atoms with Crippen LogP contribution in [0, 0.1) is 11.6 Å². The Labute approximate surface area is 142 Å². The molecule has 6 heteroatoms. The van der Waals surface area contributed by atoms with Gasteiger partial charge in [-0.2, -0.15) is 5.10 Å². The molecule has 0 amide bonds. The van der Waals surface area contributed by atoms with E-state index in [1.54, 1.807) is 23.0 Å². The summed E-state index contributed by atoms with van der Waals surface area (Å²) < 4.78 is 28.6. The lowest BCUT2D eigenvalue weighted by Gasteiger charge is -2.04. The van der Waals surface area contributed by atoms with E-state index < -0.39 is 11.6 Å². The second-order valence-corrected chi connectivity index (χ2v) is 5.78. The van der Waals surface area contributed by atoms with Crippen LogP contribution >= 0.6 is 0 Å². The Kier molecular flexibility index (Phi) is 3.65. The molecule has 0 aliphatic heterocycles. The zero-order valence-electron chi connectivity index (χ0n) is 13.2. The number of anilines is 1. The third kappa shape index (κ3) is 2.94. The molecule has 0 saturated heterocycles. The van der Waals surface area contributed by atoms with Crippen LogP contribution < -0.4 is 5.73 Å². The van der Waals surface area contributed by atoms with Gasteiger partial charge in [0.2, 0.25) is 0 Å². The first-order valence-electron chi connectivity index (χ1n) is 7.72. The van der Waals surface area contributed by atoms with Crippen LogP contribution in [0.15, 0.2) is 60.8 Å². The maximum Gasteiger partial charge on any atom is 0.126 e. The second kappa shape index (κ2) is 5.98. The predicted octanol–water partition coefficient (Wildman–Crippen LogP) is 4.01. The number of nitrogen functional groups attached to an aromatic ring is 1. The molecule has 0 bridgehead atoms. The van der Waals surface area contributed by atoms with Gasteiger partial charge in [-0.05, 0) is 35.9 Å². The number of nitrogens with zero attached hydrogens (tertiary/aromatic N) is 3. The predicted molar refractivity (Wildman–Crippen MR) is 92.8 cm³/mol. The fourth-order valence-corrected chi connectivity index (χ4v) is 2.89. The van der Waals surface area contributed by atoms with E-state index in [0.29, 0.717) is 22.6 Å². The largest absolute Gasteiger partial charge is 0.399 e. The number of hydrogen-bond acceptors (Lipinski definition) is 3. The average Bonchev–Trinajstić information content (AvgIpc) is 2.93. The van der Waals surface area contributed by atoms with Gasteiger partial charge < -0.3 is 5.73 Å². The summed E-state index contributed by atoms with van der Waals surface area (Å²) in [5.74, 6) is -1.21. The summed E-state index contributed by atoms with van der Waals surface area (Å²) in [4.78, 5) is 4.33. The van der Waals surface area contributed by atoms with Crippen molar-refractivity contribution in [1.29, 1.82) is 0 Å². The number of aromatic nitrogens is 3. The number of halogens is 2. The normalized spacial score (nSPS) is 11.1. The van der Waals surface area contributed by atoms with Gasteiger partial charge in [0, 0.05) is 23.3 Å². The molecule has 124 valence electrons. The SMILES string of the molecule is Nc1ccnc(-c2nn(Cc3cc(F)cc(F)c3)c3ccccc23)c1. The van der Waals surface area contributed by atoms with Crippen LogP contribution in [0.25, 0.3) is 22.3 Å². The number of rotatable bonds is 3. The molecule has 4 rings (SSSR count). The molecular formula is C19H14F2N4. The van der Waals surface area contributed by atoms with Crippen molar-refractivity contribution in [3.63, 3.8) is 0 Å². The highest BCUT2D eigenvalue weighted by atomic mass is 19.1. The average molecular weight is 336 g/mol. The van der Waals surface area contributed by atoms with Crippen molar-refractivity contribution < 1.29 is 8.78 Å². The minimum Gasteiger partial charge on any atom is -0.399 e. The van der Waals surface area contributed by atoms with Gasteiger partial charge >= 0.3 is 0 Å². The first-order chi connectivity index (χ1) is 12.1. The molecule has 0 aliphatic carbocycles. The van der Waals surface area contributed by atoms with Gasteiger partial charge in [0.25, 0.3) is 0 Å². The van der Waals surface area contributed by atoms with Crippen molar-refractivity contribution in [3.8, 4) is 11.4 Å². The Balaban J connectivity index is 1.85. The molecule has 4 nitrogen and oxygen atoms in total. The first-order valence-corrected chi connectivity index (χ1v) is 7.72. The van der Waals surface area contributed by atoms with Crippen molar-refractivity contribution in [1.82, 2.24) is 14.8 Å². The first kappa shape index (κ1) is 15.3. The van der Waals surface area contributed by atoms with Gasteiger partial charge in [-0.15, -0.1) is 0 Å². The smallest absolute Gasteiger partial charge is 0.126 e. The van der Waals surface area contributed by atoms with E-state index in [2.05, 4.69) is 10.1 Å². The number of hydrogen-bond donors (Lipinski definition) is 1. The maximum absolute atomic E-state index is 13.5. The van der Waals surface area contributed by atoms with E-state index in [1.807, 2.05) is 24.3 Å². The van der Waals surface area contributed by atoms with Crippen LogP contribution in [0.1, 0.15) is 5.56 Å². The van der Waals surface area contributed by atoms with Crippen LogP contribution in [0.3, 0.4) is 0 Å². The Bertz CT molecular complexity index is 1050.